The van der Waals surface area contributed by atoms with E-state index in [1.807, 2.05) is 24.4 Å². The highest BCUT2D eigenvalue weighted by Crippen LogP contribution is 2.10. The summed E-state index contributed by atoms with van der Waals surface area (Å²) in [6, 6.07) is 21.0. The topological polar surface area (TPSA) is 20.0 Å². The van der Waals surface area contributed by atoms with Gasteiger partial charge in [0.1, 0.15) is 6.54 Å². The van der Waals surface area contributed by atoms with E-state index in [1.54, 1.807) is 4.90 Å². The molecule has 0 saturated carbocycles. The number of hydrogen-bond donors (Lipinski definition) is 1. The number of allylic oxidation sites excluding steroid dienone is 1. The Kier molecular flexibility index (Phi) is 6.21. The second-order valence-corrected chi connectivity index (χ2v) is 6.97. The molecule has 0 atom stereocenters. The number of hydrazone groups is 1. The van der Waals surface area contributed by atoms with Crippen LogP contribution < -0.4 is 4.90 Å². The Morgan fingerprint density at radius 3 is 2.29 bits per heavy atom. The minimum Gasteiger partial charge on any atom is -0.328 e. The summed E-state index contributed by atoms with van der Waals surface area (Å²) in [6.45, 7) is 5.38. The highest BCUT2D eigenvalue weighted by molar-refractivity contribution is 9.12. The van der Waals surface area contributed by atoms with E-state index in [2.05, 4.69) is 74.6 Å². The van der Waals surface area contributed by atoms with Crippen LogP contribution in [0, 0.1) is 0 Å². The van der Waals surface area contributed by atoms with Crippen molar-refractivity contribution < 1.29 is 4.90 Å². The molecule has 0 radical (unpaired) electrons. The lowest BCUT2D eigenvalue weighted by atomic mass is 10.2. The second-order valence-electron chi connectivity index (χ2n) is 6.05. The SMILES string of the molecule is BrC(C=NN1CC[NH+](Cc2ccccc2)CC1)=Cc1ccccc1. The van der Waals surface area contributed by atoms with Crippen LogP contribution in [0.2, 0.25) is 0 Å². The first-order valence-electron chi connectivity index (χ1n) is 8.38. The van der Waals surface area contributed by atoms with Gasteiger partial charge < -0.3 is 4.90 Å². The number of piperazine rings is 1. The quantitative estimate of drug-likeness (QED) is 0.785. The van der Waals surface area contributed by atoms with Gasteiger partial charge in [-0.05, 0) is 27.6 Å². The van der Waals surface area contributed by atoms with Crippen LogP contribution in [0.5, 0.6) is 0 Å². The summed E-state index contributed by atoms with van der Waals surface area (Å²) in [5, 5.41) is 6.76. The van der Waals surface area contributed by atoms with Gasteiger partial charge in [0.2, 0.25) is 0 Å². The molecule has 1 fully saturated rings. The summed E-state index contributed by atoms with van der Waals surface area (Å²) in [5.41, 5.74) is 2.59. The van der Waals surface area contributed by atoms with Gasteiger partial charge in [-0.1, -0.05) is 60.7 Å². The van der Waals surface area contributed by atoms with Crippen LogP contribution in [0.25, 0.3) is 6.08 Å². The van der Waals surface area contributed by atoms with Crippen LogP contribution in [-0.4, -0.2) is 37.4 Å². The maximum absolute atomic E-state index is 4.60. The Balaban J connectivity index is 1.47. The van der Waals surface area contributed by atoms with Crippen LogP contribution >= 0.6 is 15.9 Å². The van der Waals surface area contributed by atoms with Gasteiger partial charge in [-0.2, -0.15) is 5.10 Å². The predicted octanol–water partition coefficient (Wildman–Crippen LogP) is 2.81. The molecular weight excluding hydrogens is 362 g/mol. The number of halogens is 1. The Morgan fingerprint density at radius 1 is 1.00 bits per heavy atom. The fraction of sp³-hybridized carbons (Fsp3) is 0.250. The molecule has 2 aromatic carbocycles. The normalized spacial score (nSPS) is 16.7. The molecular formula is C20H23BrN3+. The summed E-state index contributed by atoms with van der Waals surface area (Å²) in [6.07, 6.45) is 3.98. The van der Waals surface area contributed by atoms with Crippen molar-refractivity contribution in [1.82, 2.24) is 5.01 Å². The van der Waals surface area contributed by atoms with E-state index in [4.69, 9.17) is 0 Å². The first-order chi connectivity index (χ1) is 11.8. The maximum atomic E-state index is 4.60. The molecule has 0 aliphatic carbocycles. The van der Waals surface area contributed by atoms with Crippen molar-refractivity contribution in [3.8, 4) is 0 Å². The lowest BCUT2D eigenvalue weighted by Crippen LogP contribution is -3.13. The Morgan fingerprint density at radius 2 is 1.62 bits per heavy atom. The van der Waals surface area contributed by atoms with E-state index in [0.717, 1.165) is 37.2 Å². The smallest absolute Gasteiger partial charge is 0.103 e. The molecule has 1 saturated heterocycles. The van der Waals surface area contributed by atoms with Gasteiger partial charge in [0.25, 0.3) is 0 Å². The third kappa shape index (κ3) is 5.32. The average molecular weight is 385 g/mol. The van der Waals surface area contributed by atoms with Gasteiger partial charge in [-0.25, -0.2) is 0 Å². The average Bonchev–Trinajstić information content (AvgIpc) is 2.63. The molecule has 0 spiro atoms. The van der Waals surface area contributed by atoms with Crippen molar-refractivity contribution in [3.05, 3.63) is 76.3 Å². The van der Waals surface area contributed by atoms with Crippen molar-refractivity contribution in [1.29, 1.82) is 0 Å². The summed E-state index contributed by atoms with van der Waals surface area (Å²) in [5.74, 6) is 0. The van der Waals surface area contributed by atoms with Gasteiger partial charge in [-0.3, -0.25) is 5.01 Å². The number of hydrogen-bond acceptors (Lipinski definition) is 2. The van der Waals surface area contributed by atoms with E-state index in [-0.39, 0.29) is 0 Å². The summed E-state index contributed by atoms with van der Waals surface area (Å²) >= 11 is 3.58. The lowest BCUT2D eigenvalue weighted by molar-refractivity contribution is -0.918. The molecule has 1 aliphatic rings. The zero-order valence-corrected chi connectivity index (χ0v) is 15.3. The highest BCUT2D eigenvalue weighted by Gasteiger charge is 2.18. The van der Waals surface area contributed by atoms with Crippen molar-refractivity contribution in [2.24, 2.45) is 5.10 Å². The van der Waals surface area contributed by atoms with E-state index in [0.29, 0.717) is 0 Å². The molecule has 3 nitrogen and oxygen atoms in total. The zero-order valence-electron chi connectivity index (χ0n) is 13.7. The number of rotatable bonds is 5. The molecule has 124 valence electrons. The number of nitrogens with zero attached hydrogens (tertiary/aromatic N) is 2. The number of quaternary nitrogens is 1. The number of benzene rings is 2. The highest BCUT2D eigenvalue weighted by atomic mass is 79.9. The molecule has 0 aromatic heterocycles. The molecule has 1 aliphatic heterocycles. The predicted molar refractivity (Wildman–Crippen MR) is 104 cm³/mol. The molecule has 3 rings (SSSR count). The second kappa shape index (κ2) is 8.81. The maximum Gasteiger partial charge on any atom is 0.103 e. The van der Waals surface area contributed by atoms with Gasteiger partial charge >= 0.3 is 0 Å². The Bertz CT molecular complexity index is 675. The van der Waals surface area contributed by atoms with Crippen molar-refractivity contribution in [2.75, 3.05) is 26.2 Å². The Labute approximate surface area is 152 Å². The van der Waals surface area contributed by atoms with Crippen molar-refractivity contribution >= 4 is 28.2 Å². The molecule has 0 bridgehead atoms. The van der Waals surface area contributed by atoms with Gasteiger partial charge in [0.05, 0.1) is 32.4 Å². The van der Waals surface area contributed by atoms with Crippen LogP contribution in [0.1, 0.15) is 11.1 Å². The molecule has 2 aromatic rings. The van der Waals surface area contributed by atoms with Crippen molar-refractivity contribution in [3.63, 3.8) is 0 Å². The van der Waals surface area contributed by atoms with Crippen LogP contribution in [-0.2, 0) is 6.54 Å². The third-order valence-corrected chi connectivity index (χ3v) is 4.63. The first kappa shape index (κ1) is 16.9. The van der Waals surface area contributed by atoms with E-state index in [9.17, 15) is 0 Å². The van der Waals surface area contributed by atoms with Gasteiger partial charge in [0.15, 0.2) is 0 Å². The van der Waals surface area contributed by atoms with E-state index in [1.165, 1.54) is 11.1 Å². The monoisotopic (exact) mass is 384 g/mol. The summed E-state index contributed by atoms with van der Waals surface area (Å²) in [4.78, 5) is 1.63. The molecule has 24 heavy (non-hydrogen) atoms. The molecule has 4 heteroatoms. The standard InChI is InChI=1S/C20H22BrN3/c21-20(15-18-7-3-1-4-8-18)16-22-24-13-11-23(12-14-24)17-19-9-5-2-6-10-19/h1-10,15-16H,11-14,17H2/p+1. The summed E-state index contributed by atoms with van der Waals surface area (Å²) in [7, 11) is 0. The lowest BCUT2D eigenvalue weighted by Gasteiger charge is -2.30. The largest absolute Gasteiger partial charge is 0.328 e. The van der Waals surface area contributed by atoms with E-state index < -0.39 is 0 Å². The molecule has 1 heterocycles. The molecule has 0 amide bonds. The van der Waals surface area contributed by atoms with Gasteiger partial charge in [-0.15, -0.1) is 0 Å². The molecule has 0 unspecified atom stereocenters. The minimum absolute atomic E-state index is 0.993. The number of nitrogens with one attached hydrogen (secondary N) is 1. The molecule has 1 N–H and O–H groups in total. The Hall–Kier alpha value is -1.91. The van der Waals surface area contributed by atoms with E-state index >= 15 is 0 Å². The minimum atomic E-state index is 0.993. The fourth-order valence-corrected chi connectivity index (χ4v) is 3.23. The summed E-state index contributed by atoms with van der Waals surface area (Å²) < 4.78 is 0.993. The first-order valence-corrected chi connectivity index (χ1v) is 9.17. The third-order valence-electron chi connectivity index (χ3n) is 4.19. The van der Waals surface area contributed by atoms with Crippen LogP contribution in [0.3, 0.4) is 0 Å². The van der Waals surface area contributed by atoms with Crippen LogP contribution in [0.15, 0.2) is 70.2 Å². The van der Waals surface area contributed by atoms with Crippen molar-refractivity contribution in [2.45, 2.75) is 6.54 Å². The zero-order chi connectivity index (χ0) is 16.6. The van der Waals surface area contributed by atoms with Crippen LogP contribution in [0.4, 0.5) is 0 Å². The van der Waals surface area contributed by atoms with Gasteiger partial charge in [0, 0.05) is 10.0 Å². The fourth-order valence-electron chi connectivity index (χ4n) is 2.87.